The maximum Gasteiger partial charge on any atom is 0.339 e. The van der Waals surface area contributed by atoms with Crippen LogP contribution in [0.15, 0.2) is 17.2 Å². The van der Waals surface area contributed by atoms with Gasteiger partial charge in [-0.05, 0) is 12.8 Å². The quantitative estimate of drug-likeness (QED) is 0.615. The molecule has 0 N–H and O–H groups in total. The van der Waals surface area contributed by atoms with E-state index in [4.69, 9.17) is 0 Å². The Labute approximate surface area is 108 Å². The van der Waals surface area contributed by atoms with Crippen molar-refractivity contribution in [2.24, 2.45) is 0 Å². The summed E-state index contributed by atoms with van der Waals surface area (Å²) >= 11 is 0. The van der Waals surface area contributed by atoms with Crippen molar-refractivity contribution in [1.82, 2.24) is 4.57 Å². The Bertz CT molecular complexity index is 536. The zero-order chi connectivity index (χ0) is 14.0. The maximum absolute atomic E-state index is 11.6. The number of nitro groups is 2. The largest absolute Gasteiger partial charge is 0.339 e. The Kier molecular flexibility index (Phi) is 3.59. The maximum atomic E-state index is 11.6. The van der Waals surface area contributed by atoms with Crippen molar-refractivity contribution >= 4 is 11.4 Å². The molecule has 0 aromatic carbocycles. The van der Waals surface area contributed by atoms with Crippen molar-refractivity contribution in [2.45, 2.75) is 38.1 Å². The lowest BCUT2D eigenvalue weighted by Crippen LogP contribution is -2.20. The zero-order valence-electron chi connectivity index (χ0n) is 10.2. The van der Waals surface area contributed by atoms with Crippen LogP contribution in [0.25, 0.3) is 0 Å². The third kappa shape index (κ3) is 2.61. The normalized spacial score (nSPS) is 16.2. The van der Waals surface area contributed by atoms with Crippen LogP contribution in [0.2, 0.25) is 0 Å². The number of pyridine rings is 1. The molecule has 1 aliphatic carbocycles. The van der Waals surface area contributed by atoms with Gasteiger partial charge in [-0.25, -0.2) is 0 Å². The SMILES string of the molecule is O=c1c([N+](=O)[O-])cn(C2CCCCC2)cc1[N+](=O)[O-]. The number of hydrogen-bond acceptors (Lipinski definition) is 5. The van der Waals surface area contributed by atoms with Crippen LogP contribution in [0.3, 0.4) is 0 Å². The average Bonchev–Trinajstić information content (AvgIpc) is 2.39. The summed E-state index contributed by atoms with van der Waals surface area (Å²) in [7, 11) is 0. The molecule has 0 radical (unpaired) electrons. The van der Waals surface area contributed by atoms with Crippen LogP contribution >= 0.6 is 0 Å². The second-order valence-electron chi connectivity index (χ2n) is 4.61. The van der Waals surface area contributed by atoms with E-state index in [1.165, 1.54) is 4.57 Å². The van der Waals surface area contributed by atoms with Gasteiger partial charge >= 0.3 is 16.8 Å². The third-order valence-electron chi connectivity index (χ3n) is 3.40. The molecule has 1 fully saturated rings. The first-order chi connectivity index (χ1) is 9.00. The van der Waals surface area contributed by atoms with Crippen molar-refractivity contribution in [1.29, 1.82) is 0 Å². The highest BCUT2D eigenvalue weighted by Crippen LogP contribution is 2.29. The summed E-state index contributed by atoms with van der Waals surface area (Å²) in [5.41, 5.74) is -2.61. The predicted molar refractivity (Wildman–Crippen MR) is 66.1 cm³/mol. The fourth-order valence-corrected chi connectivity index (χ4v) is 2.42. The number of hydrogen-bond donors (Lipinski definition) is 0. The van der Waals surface area contributed by atoms with E-state index in [9.17, 15) is 25.0 Å². The molecule has 2 rings (SSSR count). The molecule has 0 aliphatic heterocycles. The van der Waals surface area contributed by atoms with E-state index in [0.29, 0.717) is 0 Å². The van der Waals surface area contributed by atoms with Gasteiger partial charge in [-0.3, -0.25) is 25.0 Å². The highest BCUT2D eigenvalue weighted by molar-refractivity contribution is 5.39. The minimum atomic E-state index is -1.14. The van der Waals surface area contributed by atoms with E-state index in [0.717, 1.165) is 44.5 Å². The Morgan fingerprint density at radius 2 is 1.47 bits per heavy atom. The van der Waals surface area contributed by atoms with Gasteiger partial charge in [0.1, 0.15) is 0 Å². The van der Waals surface area contributed by atoms with Gasteiger partial charge in [0.25, 0.3) is 0 Å². The lowest BCUT2D eigenvalue weighted by atomic mass is 9.95. The summed E-state index contributed by atoms with van der Waals surface area (Å²) in [6.07, 6.45) is 6.93. The van der Waals surface area contributed by atoms with Gasteiger partial charge in [-0.1, -0.05) is 19.3 Å². The molecule has 0 bridgehead atoms. The standard InChI is InChI=1S/C11H13N3O5/c15-11-9(13(16)17)6-12(7-10(11)14(18)19)8-4-2-1-3-5-8/h6-8H,1-5H2. The molecule has 8 heteroatoms. The first-order valence-electron chi connectivity index (χ1n) is 6.05. The van der Waals surface area contributed by atoms with E-state index in [1.807, 2.05) is 0 Å². The molecule has 1 heterocycles. The van der Waals surface area contributed by atoms with Crippen molar-refractivity contribution in [3.8, 4) is 0 Å². The number of rotatable bonds is 3. The monoisotopic (exact) mass is 267 g/mol. The van der Waals surface area contributed by atoms with Gasteiger partial charge in [0.15, 0.2) is 0 Å². The van der Waals surface area contributed by atoms with E-state index >= 15 is 0 Å². The number of nitrogens with zero attached hydrogens (tertiary/aromatic N) is 3. The molecule has 0 saturated heterocycles. The topological polar surface area (TPSA) is 108 Å². The highest BCUT2D eigenvalue weighted by atomic mass is 16.6. The molecule has 0 atom stereocenters. The molecule has 102 valence electrons. The smallest absolute Gasteiger partial charge is 0.339 e. The molecule has 0 unspecified atom stereocenters. The molecule has 1 saturated carbocycles. The summed E-state index contributed by atoms with van der Waals surface area (Å²) in [5.74, 6) is 0. The van der Waals surface area contributed by atoms with Gasteiger partial charge in [-0.2, -0.15) is 0 Å². The molecule has 0 spiro atoms. The summed E-state index contributed by atoms with van der Waals surface area (Å²) in [5, 5.41) is 21.6. The van der Waals surface area contributed by atoms with E-state index < -0.39 is 26.7 Å². The minimum absolute atomic E-state index is 0.00764. The minimum Gasteiger partial charge on any atom is -0.339 e. The molecule has 19 heavy (non-hydrogen) atoms. The van der Waals surface area contributed by atoms with E-state index in [-0.39, 0.29) is 6.04 Å². The Morgan fingerprint density at radius 1 is 1.00 bits per heavy atom. The van der Waals surface area contributed by atoms with Crippen LogP contribution in [0.1, 0.15) is 38.1 Å². The summed E-state index contributed by atoms with van der Waals surface area (Å²) in [6.45, 7) is 0. The predicted octanol–water partition coefficient (Wildman–Crippen LogP) is 2.17. The molecular formula is C11H13N3O5. The van der Waals surface area contributed by atoms with Crippen molar-refractivity contribution in [2.75, 3.05) is 0 Å². The van der Waals surface area contributed by atoms with Crippen LogP contribution < -0.4 is 5.43 Å². The molecule has 1 aromatic rings. The molecule has 1 aliphatic rings. The Hall–Kier alpha value is -2.25. The van der Waals surface area contributed by atoms with Gasteiger partial charge in [0.05, 0.1) is 22.2 Å². The van der Waals surface area contributed by atoms with Gasteiger partial charge in [0.2, 0.25) is 0 Å². The van der Waals surface area contributed by atoms with Gasteiger partial charge < -0.3 is 4.57 Å². The summed E-state index contributed by atoms with van der Waals surface area (Å²) < 4.78 is 1.46. The zero-order valence-corrected chi connectivity index (χ0v) is 10.2. The van der Waals surface area contributed by atoms with Crippen LogP contribution in [0.5, 0.6) is 0 Å². The van der Waals surface area contributed by atoms with Crippen LogP contribution in [-0.4, -0.2) is 14.4 Å². The van der Waals surface area contributed by atoms with E-state index in [1.54, 1.807) is 0 Å². The highest BCUT2D eigenvalue weighted by Gasteiger charge is 2.27. The Balaban J connectivity index is 2.52. The first-order valence-corrected chi connectivity index (χ1v) is 6.05. The fourth-order valence-electron chi connectivity index (χ4n) is 2.42. The fraction of sp³-hybridized carbons (Fsp3) is 0.545. The Morgan fingerprint density at radius 3 is 1.89 bits per heavy atom. The second-order valence-corrected chi connectivity index (χ2v) is 4.61. The van der Waals surface area contributed by atoms with Crippen molar-refractivity contribution in [3.63, 3.8) is 0 Å². The molecular weight excluding hydrogens is 254 g/mol. The molecule has 8 nitrogen and oxygen atoms in total. The van der Waals surface area contributed by atoms with E-state index in [2.05, 4.69) is 0 Å². The molecule has 1 aromatic heterocycles. The number of aromatic nitrogens is 1. The summed E-state index contributed by atoms with van der Waals surface area (Å²) in [6, 6.07) is -0.00764. The molecule has 0 amide bonds. The van der Waals surface area contributed by atoms with Crippen molar-refractivity contribution < 1.29 is 9.85 Å². The van der Waals surface area contributed by atoms with Crippen LogP contribution in [-0.2, 0) is 0 Å². The van der Waals surface area contributed by atoms with Crippen molar-refractivity contribution in [3.05, 3.63) is 42.8 Å². The lowest BCUT2D eigenvalue weighted by molar-refractivity contribution is -0.397. The first kappa shape index (κ1) is 13.2. The lowest BCUT2D eigenvalue weighted by Gasteiger charge is -2.23. The van der Waals surface area contributed by atoms with Gasteiger partial charge in [-0.15, -0.1) is 0 Å². The average molecular weight is 267 g/mol. The second kappa shape index (κ2) is 5.17. The van der Waals surface area contributed by atoms with Crippen LogP contribution in [0.4, 0.5) is 11.4 Å². The van der Waals surface area contributed by atoms with Gasteiger partial charge in [0, 0.05) is 6.04 Å². The third-order valence-corrected chi connectivity index (χ3v) is 3.40. The van der Waals surface area contributed by atoms with Crippen LogP contribution in [0, 0.1) is 20.2 Å². The summed E-state index contributed by atoms with van der Waals surface area (Å²) in [4.78, 5) is 31.5.